The largest absolute Gasteiger partial charge is 0.396 e. The Bertz CT molecular complexity index is 238. The molecule has 0 fully saturated rings. The molecular formula is C12H18O. The average molecular weight is 178 g/mol. The van der Waals surface area contributed by atoms with E-state index in [1.807, 2.05) is 0 Å². The summed E-state index contributed by atoms with van der Waals surface area (Å²) >= 11 is 0. The average Bonchev–Trinajstić information content (AvgIpc) is 2.18. The third-order valence-corrected chi connectivity index (χ3v) is 2.56. The van der Waals surface area contributed by atoms with E-state index in [-0.39, 0.29) is 6.61 Å². The molecule has 0 bridgehead atoms. The first kappa shape index (κ1) is 10.3. The molecule has 0 saturated carbocycles. The van der Waals surface area contributed by atoms with Gasteiger partial charge < -0.3 is 5.11 Å². The van der Waals surface area contributed by atoms with E-state index in [0.717, 1.165) is 6.42 Å². The summed E-state index contributed by atoms with van der Waals surface area (Å²) in [6.45, 7) is 4.68. The molecule has 0 saturated heterocycles. The highest BCUT2D eigenvalue weighted by Gasteiger charge is 2.01. The molecule has 1 heteroatoms. The van der Waals surface area contributed by atoms with Gasteiger partial charge >= 0.3 is 0 Å². The van der Waals surface area contributed by atoms with Crippen LogP contribution in [0.2, 0.25) is 0 Å². The topological polar surface area (TPSA) is 20.2 Å². The zero-order valence-corrected chi connectivity index (χ0v) is 8.46. The zero-order chi connectivity index (χ0) is 9.68. The van der Waals surface area contributed by atoms with Gasteiger partial charge in [0.1, 0.15) is 0 Å². The lowest BCUT2D eigenvalue weighted by molar-refractivity contribution is 0.299. The van der Waals surface area contributed by atoms with Gasteiger partial charge in [-0.05, 0) is 29.9 Å². The van der Waals surface area contributed by atoms with Gasteiger partial charge in [-0.2, -0.15) is 0 Å². The van der Waals surface area contributed by atoms with Gasteiger partial charge in [0, 0.05) is 6.61 Å². The molecule has 1 unspecified atom stereocenters. The number of hydrogen-bond acceptors (Lipinski definition) is 1. The minimum atomic E-state index is 0.239. The summed E-state index contributed by atoms with van der Waals surface area (Å²) in [4.78, 5) is 0. The van der Waals surface area contributed by atoms with Crippen molar-refractivity contribution < 1.29 is 5.11 Å². The molecule has 0 aromatic heterocycles. The van der Waals surface area contributed by atoms with Crippen molar-refractivity contribution in [1.29, 1.82) is 0 Å². The van der Waals surface area contributed by atoms with E-state index >= 15 is 0 Å². The molecule has 0 amide bonds. The monoisotopic (exact) mass is 178 g/mol. The van der Waals surface area contributed by atoms with E-state index in [0.29, 0.717) is 5.92 Å². The molecule has 1 N–H and O–H groups in total. The molecule has 0 heterocycles. The van der Waals surface area contributed by atoms with Crippen LogP contribution in [0.3, 0.4) is 0 Å². The Morgan fingerprint density at radius 2 is 1.85 bits per heavy atom. The number of rotatable bonds is 4. The van der Waals surface area contributed by atoms with Crippen LogP contribution in [-0.2, 0) is 6.42 Å². The highest BCUT2D eigenvalue weighted by Crippen LogP contribution is 2.18. The lowest BCUT2D eigenvalue weighted by Gasteiger charge is -2.09. The molecule has 1 atom stereocenters. The van der Waals surface area contributed by atoms with E-state index in [1.54, 1.807) is 0 Å². The third-order valence-electron chi connectivity index (χ3n) is 2.56. The van der Waals surface area contributed by atoms with Crippen LogP contribution in [0.25, 0.3) is 0 Å². The van der Waals surface area contributed by atoms with Crippen molar-refractivity contribution in [2.75, 3.05) is 6.61 Å². The van der Waals surface area contributed by atoms with Crippen molar-refractivity contribution in [1.82, 2.24) is 0 Å². The first-order valence-corrected chi connectivity index (χ1v) is 4.97. The van der Waals surface area contributed by atoms with E-state index < -0.39 is 0 Å². The van der Waals surface area contributed by atoms with Crippen molar-refractivity contribution >= 4 is 0 Å². The maximum absolute atomic E-state index is 8.74. The summed E-state index contributed by atoms with van der Waals surface area (Å²) in [6.07, 6.45) is 1.94. The standard InChI is InChI=1S/C12H18O/c1-3-10(2)12-6-4-11(5-7-12)8-9-13/h4-7,10,13H,3,8-9H2,1-2H3. The van der Waals surface area contributed by atoms with E-state index in [2.05, 4.69) is 38.1 Å². The van der Waals surface area contributed by atoms with Crippen LogP contribution >= 0.6 is 0 Å². The Hall–Kier alpha value is -0.820. The van der Waals surface area contributed by atoms with E-state index in [1.165, 1.54) is 17.5 Å². The lowest BCUT2D eigenvalue weighted by atomic mass is 9.97. The van der Waals surface area contributed by atoms with Crippen molar-refractivity contribution in [3.63, 3.8) is 0 Å². The minimum Gasteiger partial charge on any atom is -0.396 e. The van der Waals surface area contributed by atoms with E-state index in [4.69, 9.17) is 5.11 Å². The Balaban J connectivity index is 2.69. The Morgan fingerprint density at radius 3 is 2.31 bits per heavy atom. The fraction of sp³-hybridized carbons (Fsp3) is 0.500. The summed E-state index contributed by atoms with van der Waals surface area (Å²) in [6, 6.07) is 8.55. The highest BCUT2D eigenvalue weighted by molar-refractivity contribution is 5.25. The number of benzene rings is 1. The predicted octanol–water partition coefficient (Wildman–Crippen LogP) is 2.73. The maximum atomic E-state index is 8.74. The molecule has 1 rings (SSSR count). The van der Waals surface area contributed by atoms with Crippen LogP contribution in [0.4, 0.5) is 0 Å². The molecule has 72 valence electrons. The molecule has 0 radical (unpaired) electrons. The van der Waals surface area contributed by atoms with Crippen LogP contribution in [0.1, 0.15) is 37.3 Å². The maximum Gasteiger partial charge on any atom is 0.0471 e. The molecule has 1 aromatic rings. The third kappa shape index (κ3) is 2.85. The number of aliphatic hydroxyl groups is 1. The second-order valence-corrected chi connectivity index (χ2v) is 3.52. The molecular weight excluding hydrogens is 160 g/mol. The Morgan fingerprint density at radius 1 is 1.23 bits per heavy atom. The summed E-state index contributed by atoms with van der Waals surface area (Å²) in [5.74, 6) is 0.642. The zero-order valence-electron chi connectivity index (χ0n) is 8.46. The first-order chi connectivity index (χ1) is 6.27. The second kappa shape index (κ2) is 5.03. The smallest absolute Gasteiger partial charge is 0.0471 e. The van der Waals surface area contributed by atoms with Gasteiger partial charge in [0.05, 0.1) is 0 Å². The normalized spacial score (nSPS) is 12.8. The van der Waals surface area contributed by atoms with Gasteiger partial charge in [-0.3, -0.25) is 0 Å². The highest BCUT2D eigenvalue weighted by atomic mass is 16.2. The quantitative estimate of drug-likeness (QED) is 0.751. The lowest BCUT2D eigenvalue weighted by Crippen LogP contribution is -1.94. The summed E-state index contributed by atoms with van der Waals surface area (Å²) < 4.78 is 0. The summed E-state index contributed by atoms with van der Waals surface area (Å²) in [5.41, 5.74) is 2.61. The molecule has 13 heavy (non-hydrogen) atoms. The SMILES string of the molecule is CCC(C)c1ccc(CCO)cc1. The Labute approximate surface area is 80.4 Å². The fourth-order valence-electron chi connectivity index (χ4n) is 1.38. The van der Waals surface area contributed by atoms with Crippen molar-refractivity contribution in [2.45, 2.75) is 32.6 Å². The van der Waals surface area contributed by atoms with Crippen molar-refractivity contribution in [2.24, 2.45) is 0 Å². The van der Waals surface area contributed by atoms with Crippen molar-refractivity contribution in [3.05, 3.63) is 35.4 Å². The van der Waals surface area contributed by atoms with Gasteiger partial charge in [0.15, 0.2) is 0 Å². The Kier molecular flexibility index (Phi) is 3.97. The number of aliphatic hydroxyl groups excluding tert-OH is 1. The van der Waals surface area contributed by atoms with Gasteiger partial charge in [-0.15, -0.1) is 0 Å². The van der Waals surface area contributed by atoms with Gasteiger partial charge in [0.2, 0.25) is 0 Å². The minimum absolute atomic E-state index is 0.239. The van der Waals surface area contributed by atoms with Crippen LogP contribution in [-0.4, -0.2) is 11.7 Å². The number of hydrogen-bond donors (Lipinski definition) is 1. The van der Waals surface area contributed by atoms with Gasteiger partial charge in [-0.1, -0.05) is 38.1 Å². The first-order valence-electron chi connectivity index (χ1n) is 4.97. The molecule has 0 spiro atoms. The molecule has 0 aliphatic carbocycles. The molecule has 1 aromatic carbocycles. The van der Waals surface area contributed by atoms with Crippen LogP contribution < -0.4 is 0 Å². The van der Waals surface area contributed by atoms with Gasteiger partial charge in [-0.25, -0.2) is 0 Å². The van der Waals surface area contributed by atoms with Crippen LogP contribution in [0.15, 0.2) is 24.3 Å². The van der Waals surface area contributed by atoms with Crippen molar-refractivity contribution in [3.8, 4) is 0 Å². The molecule has 0 aliphatic heterocycles. The van der Waals surface area contributed by atoms with Gasteiger partial charge in [0.25, 0.3) is 0 Å². The second-order valence-electron chi connectivity index (χ2n) is 3.52. The van der Waals surface area contributed by atoms with Crippen LogP contribution in [0.5, 0.6) is 0 Å². The van der Waals surface area contributed by atoms with E-state index in [9.17, 15) is 0 Å². The van der Waals surface area contributed by atoms with Crippen LogP contribution in [0, 0.1) is 0 Å². The molecule has 1 nitrogen and oxygen atoms in total. The summed E-state index contributed by atoms with van der Waals surface area (Å²) in [5, 5.41) is 8.74. The molecule has 0 aliphatic rings. The predicted molar refractivity (Wildman–Crippen MR) is 55.9 cm³/mol. The summed E-state index contributed by atoms with van der Waals surface area (Å²) in [7, 11) is 0. The fourth-order valence-corrected chi connectivity index (χ4v) is 1.38.